The van der Waals surface area contributed by atoms with Crippen LogP contribution in [0.1, 0.15) is 40.2 Å². The lowest BCUT2D eigenvalue weighted by atomic mass is 10.1. The van der Waals surface area contributed by atoms with Crippen molar-refractivity contribution in [3.8, 4) is 0 Å². The quantitative estimate of drug-likeness (QED) is 0.836. The number of carbonyl (C=O) groups excluding carboxylic acids is 1. The van der Waals surface area contributed by atoms with Crippen molar-refractivity contribution in [3.05, 3.63) is 35.9 Å². The maximum absolute atomic E-state index is 10.5. The third kappa shape index (κ3) is 10.8. The Balaban J connectivity index is 0. The second-order valence-corrected chi connectivity index (χ2v) is 2.72. The smallest absolute Gasteiger partial charge is 0.216 e. The molecule has 0 radical (unpaired) electrons. The van der Waals surface area contributed by atoms with Gasteiger partial charge in [0.05, 0.1) is 0 Å². The Hall–Kier alpha value is -1.31. The fourth-order valence-corrected chi connectivity index (χ4v) is 1.03. The van der Waals surface area contributed by atoms with E-state index in [0.717, 1.165) is 13.0 Å². The third-order valence-corrected chi connectivity index (χ3v) is 1.63. The molecule has 1 N–H and O–H groups in total. The molecule has 0 fully saturated rings. The van der Waals surface area contributed by atoms with Gasteiger partial charge in [0.25, 0.3) is 0 Å². The second kappa shape index (κ2) is 13.7. The normalized spacial score (nSPS) is 7.81. The highest BCUT2D eigenvalue weighted by atomic mass is 16.1. The molecular formula is C14H25NO. The average Bonchev–Trinajstić information content (AvgIpc) is 2.35. The fourth-order valence-electron chi connectivity index (χ4n) is 1.03. The molecule has 2 nitrogen and oxygen atoms in total. The highest BCUT2D eigenvalue weighted by molar-refractivity contribution is 5.72. The molecule has 0 unspecified atom stereocenters. The minimum atomic E-state index is 0.0333. The molecule has 0 saturated heterocycles. The summed E-state index contributed by atoms with van der Waals surface area (Å²) in [4.78, 5) is 10.5. The number of hydrogen-bond acceptors (Lipinski definition) is 1. The van der Waals surface area contributed by atoms with Crippen LogP contribution in [0, 0.1) is 0 Å². The van der Waals surface area contributed by atoms with Gasteiger partial charge in [0.15, 0.2) is 0 Å². The average molecular weight is 223 g/mol. The Bertz CT molecular complexity index is 244. The molecule has 0 aromatic heterocycles. The fraction of sp³-hybridized carbons (Fsp3) is 0.500. The first-order valence-corrected chi connectivity index (χ1v) is 6.07. The van der Waals surface area contributed by atoms with Gasteiger partial charge in [0, 0.05) is 13.5 Å². The molecule has 0 heterocycles. The molecule has 1 rings (SSSR count). The van der Waals surface area contributed by atoms with Crippen LogP contribution >= 0.6 is 0 Å². The van der Waals surface area contributed by atoms with E-state index >= 15 is 0 Å². The van der Waals surface area contributed by atoms with Gasteiger partial charge in [0.1, 0.15) is 0 Å². The van der Waals surface area contributed by atoms with Crippen LogP contribution in [-0.2, 0) is 11.2 Å². The summed E-state index contributed by atoms with van der Waals surface area (Å²) in [6.45, 7) is 10.3. The van der Waals surface area contributed by atoms with Gasteiger partial charge in [-0.3, -0.25) is 4.79 Å². The molecule has 0 aliphatic carbocycles. The van der Waals surface area contributed by atoms with E-state index in [1.165, 1.54) is 12.5 Å². The third-order valence-electron chi connectivity index (χ3n) is 1.63. The van der Waals surface area contributed by atoms with E-state index in [4.69, 9.17) is 0 Å². The van der Waals surface area contributed by atoms with Crippen LogP contribution in [0.2, 0.25) is 0 Å². The number of benzene rings is 1. The van der Waals surface area contributed by atoms with Gasteiger partial charge in [-0.1, -0.05) is 58.0 Å². The van der Waals surface area contributed by atoms with Crippen molar-refractivity contribution >= 4 is 5.91 Å². The molecule has 0 aliphatic heterocycles. The van der Waals surface area contributed by atoms with E-state index < -0.39 is 0 Å². The van der Waals surface area contributed by atoms with E-state index in [1.54, 1.807) is 0 Å². The molecule has 0 atom stereocenters. The monoisotopic (exact) mass is 223 g/mol. The maximum atomic E-state index is 10.5. The van der Waals surface area contributed by atoms with Crippen molar-refractivity contribution < 1.29 is 4.79 Å². The molecule has 1 amide bonds. The zero-order valence-electron chi connectivity index (χ0n) is 11.2. The molecule has 0 bridgehead atoms. The number of hydrogen-bond donors (Lipinski definition) is 1. The summed E-state index contributed by atoms with van der Waals surface area (Å²) in [6, 6.07) is 10.1. The van der Waals surface area contributed by atoms with Crippen molar-refractivity contribution in [3.63, 3.8) is 0 Å². The van der Waals surface area contributed by atoms with Gasteiger partial charge in [-0.25, -0.2) is 0 Å². The van der Waals surface area contributed by atoms with Gasteiger partial charge in [-0.15, -0.1) is 0 Å². The number of rotatable bonds is 3. The van der Waals surface area contributed by atoms with Crippen molar-refractivity contribution in [1.82, 2.24) is 5.32 Å². The van der Waals surface area contributed by atoms with Crippen molar-refractivity contribution in [2.45, 2.75) is 41.0 Å². The van der Waals surface area contributed by atoms with Crippen molar-refractivity contribution in [2.24, 2.45) is 0 Å². The lowest BCUT2D eigenvalue weighted by molar-refractivity contribution is -0.118. The minimum absolute atomic E-state index is 0.0333. The zero-order chi connectivity index (χ0) is 12.8. The van der Waals surface area contributed by atoms with Gasteiger partial charge in [0.2, 0.25) is 5.91 Å². The highest BCUT2D eigenvalue weighted by Crippen LogP contribution is 1.97. The van der Waals surface area contributed by atoms with Gasteiger partial charge >= 0.3 is 0 Å². The predicted octanol–water partition coefficient (Wildman–Crippen LogP) is 3.42. The first kappa shape index (κ1) is 17.1. The van der Waals surface area contributed by atoms with Crippen LogP contribution in [0.5, 0.6) is 0 Å². The molecule has 1 aromatic rings. The Morgan fingerprint density at radius 1 is 1.06 bits per heavy atom. The van der Waals surface area contributed by atoms with Crippen LogP contribution in [0.25, 0.3) is 0 Å². The summed E-state index contributed by atoms with van der Waals surface area (Å²) in [6.07, 6.45) is 0.903. The second-order valence-electron chi connectivity index (χ2n) is 2.72. The van der Waals surface area contributed by atoms with Crippen LogP contribution in [0.15, 0.2) is 30.3 Å². The molecule has 16 heavy (non-hydrogen) atoms. The summed E-state index contributed by atoms with van der Waals surface area (Å²) in [7, 11) is 0. The topological polar surface area (TPSA) is 29.1 Å². The van der Waals surface area contributed by atoms with E-state index in [2.05, 4.69) is 17.4 Å². The Kier molecular flexibility index (Phi) is 14.6. The van der Waals surface area contributed by atoms with Crippen LogP contribution in [-0.4, -0.2) is 12.5 Å². The van der Waals surface area contributed by atoms with Crippen LogP contribution < -0.4 is 5.32 Å². The van der Waals surface area contributed by atoms with Crippen LogP contribution in [0.3, 0.4) is 0 Å². The van der Waals surface area contributed by atoms with Crippen molar-refractivity contribution in [2.75, 3.05) is 6.54 Å². The molecular weight excluding hydrogens is 198 g/mol. The zero-order valence-corrected chi connectivity index (χ0v) is 11.2. The maximum Gasteiger partial charge on any atom is 0.216 e. The molecule has 0 aliphatic rings. The molecule has 0 spiro atoms. The summed E-state index contributed by atoms with van der Waals surface area (Å²) in [5.74, 6) is 0.0333. The number of nitrogens with one attached hydrogen (secondary N) is 1. The minimum Gasteiger partial charge on any atom is -0.356 e. The van der Waals surface area contributed by atoms with Gasteiger partial charge < -0.3 is 5.32 Å². The largest absolute Gasteiger partial charge is 0.356 e. The SMILES string of the molecule is CC.CC.CC(=O)NCCc1ccccc1. The first-order chi connectivity index (χ1) is 7.79. The lowest BCUT2D eigenvalue weighted by Gasteiger charge is -2.01. The number of carbonyl (C=O) groups is 1. The lowest BCUT2D eigenvalue weighted by Crippen LogP contribution is -2.22. The predicted molar refractivity (Wildman–Crippen MR) is 71.5 cm³/mol. The molecule has 0 saturated carbocycles. The van der Waals surface area contributed by atoms with Crippen LogP contribution in [0.4, 0.5) is 0 Å². The summed E-state index contributed by atoms with van der Waals surface area (Å²) in [5, 5.41) is 2.76. The first-order valence-electron chi connectivity index (χ1n) is 6.07. The Morgan fingerprint density at radius 2 is 1.56 bits per heavy atom. The summed E-state index contributed by atoms with van der Waals surface area (Å²) < 4.78 is 0. The Morgan fingerprint density at radius 3 is 2.00 bits per heavy atom. The molecule has 1 aromatic carbocycles. The van der Waals surface area contributed by atoms with E-state index in [-0.39, 0.29) is 5.91 Å². The van der Waals surface area contributed by atoms with E-state index in [9.17, 15) is 4.79 Å². The standard InChI is InChI=1S/C10H13NO.2C2H6/c1-9(12)11-8-7-10-5-3-2-4-6-10;2*1-2/h2-6H,7-8H2,1H3,(H,11,12);2*1-2H3. The van der Waals surface area contributed by atoms with Gasteiger partial charge in [-0.2, -0.15) is 0 Å². The molecule has 92 valence electrons. The van der Waals surface area contributed by atoms with E-state index in [0.29, 0.717) is 0 Å². The van der Waals surface area contributed by atoms with E-state index in [1.807, 2.05) is 45.9 Å². The molecule has 2 heteroatoms. The number of amides is 1. The highest BCUT2D eigenvalue weighted by Gasteiger charge is 1.92. The Labute approximate surface area is 100 Å². The van der Waals surface area contributed by atoms with Gasteiger partial charge in [-0.05, 0) is 12.0 Å². The summed E-state index contributed by atoms with van der Waals surface area (Å²) >= 11 is 0. The van der Waals surface area contributed by atoms with Crippen molar-refractivity contribution in [1.29, 1.82) is 0 Å². The summed E-state index contributed by atoms with van der Waals surface area (Å²) in [5.41, 5.74) is 1.26.